The Morgan fingerprint density at radius 3 is 2.94 bits per heavy atom. The van der Waals surface area contributed by atoms with Crippen LogP contribution in [0.4, 0.5) is 0 Å². The van der Waals surface area contributed by atoms with E-state index in [0.717, 1.165) is 29.7 Å². The second-order valence-corrected chi connectivity index (χ2v) is 4.25. The molecule has 4 nitrogen and oxygen atoms in total. The fourth-order valence-electron chi connectivity index (χ4n) is 2.06. The Bertz CT molecular complexity index is 520. The molecule has 2 N–H and O–H groups in total. The lowest BCUT2D eigenvalue weighted by atomic mass is 10.0. The van der Waals surface area contributed by atoms with E-state index in [1.54, 1.807) is 7.11 Å². The van der Waals surface area contributed by atoms with Gasteiger partial charge in [-0.15, -0.1) is 0 Å². The monoisotopic (exact) mass is 245 g/mol. The van der Waals surface area contributed by atoms with Crippen molar-refractivity contribution in [1.29, 1.82) is 0 Å². The Labute approximate surface area is 107 Å². The molecular weight excluding hydrogens is 226 g/mol. The van der Waals surface area contributed by atoms with E-state index in [1.165, 1.54) is 5.69 Å². The summed E-state index contributed by atoms with van der Waals surface area (Å²) >= 11 is 0. The Morgan fingerprint density at radius 2 is 2.22 bits per heavy atom. The molecule has 0 saturated heterocycles. The number of aryl methyl sites for hydroxylation is 1. The van der Waals surface area contributed by atoms with Gasteiger partial charge >= 0.3 is 0 Å². The van der Waals surface area contributed by atoms with Crippen molar-refractivity contribution >= 4 is 0 Å². The van der Waals surface area contributed by atoms with E-state index in [0.29, 0.717) is 6.54 Å². The summed E-state index contributed by atoms with van der Waals surface area (Å²) in [6.45, 7) is 0.697. The standard InChI is InChI=1S/C14H19N3O/c1-17-14(7-4-8-15)13(10-16-17)11-5-3-6-12(9-11)18-2/h3,5-6,9-10H,4,7-8,15H2,1-2H3. The summed E-state index contributed by atoms with van der Waals surface area (Å²) in [4.78, 5) is 0. The van der Waals surface area contributed by atoms with Gasteiger partial charge in [-0.2, -0.15) is 5.10 Å². The van der Waals surface area contributed by atoms with Gasteiger partial charge in [0.1, 0.15) is 5.75 Å². The highest BCUT2D eigenvalue weighted by molar-refractivity contribution is 5.67. The van der Waals surface area contributed by atoms with Crippen LogP contribution in [0.15, 0.2) is 30.5 Å². The Hall–Kier alpha value is -1.81. The SMILES string of the molecule is COc1cccc(-c2cnn(C)c2CCCN)c1. The first-order valence-corrected chi connectivity index (χ1v) is 6.11. The van der Waals surface area contributed by atoms with Crippen molar-refractivity contribution in [3.63, 3.8) is 0 Å². The van der Waals surface area contributed by atoms with E-state index >= 15 is 0 Å². The second-order valence-electron chi connectivity index (χ2n) is 4.25. The predicted octanol–water partition coefficient (Wildman–Crippen LogP) is 1.99. The maximum atomic E-state index is 5.58. The number of methoxy groups -OCH3 is 1. The molecule has 0 aliphatic heterocycles. The van der Waals surface area contributed by atoms with E-state index in [4.69, 9.17) is 10.5 Å². The summed E-state index contributed by atoms with van der Waals surface area (Å²) in [5.74, 6) is 0.862. The van der Waals surface area contributed by atoms with Crippen LogP contribution in [0.5, 0.6) is 5.75 Å². The molecule has 96 valence electrons. The number of hydrogen-bond donors (Lipinski definition) is 1. The normalized spacial score (nSPS) is 10.6. The minimum Gasteiger partial charge on any atom is -0.497 e. The molecule has 0 amide bonds. The zero-order valence-electron chi connectivity index (χ0n) is 10.9. The molecule has 0 saturated carbocycles. The summed E-state index contributed by atoms with van der Waals surface area (Å²) < 4.78 is 7.18. The zero-order chi connectivity index (χ0) is 13.0. The topological polar surface area (TPSA) is 53.1 Å². The minimum atomic E-state index is 0.697. The van der Waals surface area contributed by atoms with Crippen LogP contribution in [0.2, 0.25) is 0 Å². The summed E-state index contributed by atoms with van der Waals surface area (Å²) in [7, 11) is 3.65. The van der Waals surface area contributed by atoms with E-state index in [9.17, 15) is 0 Å². The summed E-state index contributed by atoms with van der Waals surface area (Å²) in [5, 5.41) is 4.34. The molecule has 0 atom stereocenters. The first-order valence-electron chi connectivity index (χ1n) is 6.11. The highest BCUT2D eigenvalue weighted by Crippen LogP contribution is 2.27. The molecule has 1 heterocycles. The molecule has 18 heavy (non-hydrogen) atoms. The molecule has 1 aromatic carbocycles. The number of nitrogens with zero attached hydrogens (tertiary/aromatic N) is 2. The molecule has 2 aromatic rings. The van der Waals surface area contributed by atoms with Crippen LogP contribution in [-0.4, -0.2) is 23.4 Å². The number of ether oxygens (including phenoxy) is 1. The van der Waals surface area contributed by atoms with Gasteiger partial charge in [0, 0.05) is 18.3 Å². The van der Waals surface area contributed by atoms with Crippen molar-refractivity contribution in [2.45, 2.75) is 12.8 Å². The van der Waals surface area contributed by atoms with Crippen molar-refractivity contribution in [3.8, 4) is 16.9 Å². The Kier molecular flexibility index (Phi) is 3.99. The molecule has 0 aliphatic rings. The third-order valence-electron chi connectivity index (χ3n) is 3.06. The van der Waals surface area contributed by atoms with E-state index in [1.807, 2.05) is 36.1 Å². The van der Waals surface area contributed by atoms with Crippen LogP contribution in [0.25, 0.3) is 11.1 Å². The number of aromatic nitrogens is 2. The largest absolute Gasteiger partial charge is 0.497 e. The molecule has 0 unspecified atom stereocenters. The quantitative estimate of drug-likeness (QED) is 0.876. The molecule has 0 aliphatic carbocycles. The molecule has 0 spiro atoms. The maximum absolute atomic E-state index is 5.58. The molecule has 0 bridgehead atoms. The first kappa shape index (κ1) is 12.6. The molecule has 4 heteroatoms. The Morgan fingerprint density at radius 1 is 1.39 bits per heavy atom. The lowest BCUT2D eigenvalue weighted by Gasteiger charge is -2.07. The number of benzene rings is 1. The lowest BCUT2D eigenvalue weighted by Crippen LogP contribution is -2.05. The van der Waals surface area contributed by atoms with E-state index < -0.39 is 0 Å². The van der Waals surface area contributed by atoms with Crippen molar-refractivity contribution in [3.05, 3.63) is 36.2 Å². The van der Waals surface area contributed by atoms with Crippen molar-refractivity contribution in [1.82, 2.24) is 9.78 Å². The fourth-order valence-corrected chi connectivity index (χ4v) is 2.06. The van der Waals surface area contributed by atoms with Gasteiger partial charge in [0.2, 0.25) is 0 Å². The first-order chi connectivity index (χ1) is 8.76. The van der Waals surface area contributed by atoms with Gasteiger partial charge in [-0.1, -0.05) is 12.1 Å². The molecule has 0 fully saturated rings. The van der Waals surface area contributed by atoms with Crippen LogP contribution < -0.4 is 10.5 Å². The summed E-state index contributed by atoms with van der Waals surface area (Å²) in [5.41, 5.74) is 9.09. The van der Waals surface area contributed by atoms with Crippen LogP contribution in [0.3, 0.4) is 0 Å². The van der Waals surface area contributed by atoms with E-state index in [-0.39, 0.29) is 0 Å². The third-order valence-corrected chi connectivity index (χ3v) is 3.06. The third kappa shape index (κ3) is 2.54. The van der Waals surface area contributed by atoms with Gasteiger partial charge in [0.15, 0.2) is 0 Å². The van der Waals surface area contributed by atoms with Crippen LogP contribution >= 0.6 is 0 Å². The van der Waals surface area contributed by atoms with Gasteiger partial charge in [0.25, 0.3) is 0 Å². The minimum absolute atomic E-state index is 0.697. The highest BCUT2D eigenvalue weighted by Gasteiger charge is 2.10. The van der Waals surface area contributed by atoms with Crippen molar-refractivity contribution in [2.24, 2.45) is 12.8 Å². The fraction of sp³-hybridized carbons (Fsp3) is 0.357. The van der Waals surface area contributed by atoms with Gasteiger partial charge in [0.05, 0.1) is 13.3 Å². The van der Waals surface area contributed by atoms with Gasteiger partial charge in [-0.25, -0.2) is 0 Å². The van der Waals surface area contributed by atoms with Crippen LogP contribution in [-0.2, 0) is 13.5 Å². The number of rotatable bonds is 5. The number of nitrogens with two attached hydrogens (primary N) is 1. The zero-order valence-corrected chi connectivity index (χ0v) is 10.9. The predicted molar refractivity (Wildman–Crippen MR) is 72.6 cm³/mol. The van der Waals surface area contributed by atoms with Gasteiger partial charge in [-0.3, -0.25) is 4.68 Å². The van der Waals surface area contributed by atoms with Crippen molar-refractivity contribution < 1.29 is 4.74 Å². The smallest absolute Gasteiger partial charge is 0.119 e. The Balaban J connectivity index is 2.37. The van der Waals surface area contributed by atoms with E-state index in [2.05, 4.69) is 11.2 Å². The summed E-state index contributed by atoms with van der Waals surface area (Å²) in [6.07, 6.45) is 3.82. The molecule has 0 radical (unpaired) electrons. The average Bonchev–Trinajstić information content (AvgIpc) is 2.77. The number of hydrogen-bond acceptors (Lipinski definition) is 3. The average molecular weight is 245 g/mol. The lowest BCUT2D eigenvalue weighted by molar-refractivity contribution is 0.415. The second kappa shape index (κ2) is 5.69. The van der Waals surface area contributed by atoms with Crippen molar-refractivity contribution in [2.75, 3.05) is 13.7 Å². The van der Waals surface area contributed by atoms with Gasteiger partial charge < -0.3 is 10.5 Å². The molecule has 2 rings (SSSR count). The maximum Gasteiger partial charge on any atom is 0.119 e. The molecular formula is C14H19N3O. The molecule has 1 aromatic heterocycles. The highest BCUT2D eigenvalue weighted by atomic mass is 16.5. The van der Waals surface area contributed by atoms with Crippen LogP contribution in [0.1, 0.15) is 12.1 Å². The van der Waals surface area contributed by atoms with Gasteiger partial charge in [-0.05, 0) is 37.1 Å². The summed E-state index contributed by atoms with van der Waals surface area (Å²) in [6, 6.07) is 8.04. The van der Waals surface area contributed by atoms with Crippen LogP contribution in [0, 0.1) is 0 Å².